The van der Waals surface area contributed by atoms with Crippen LogP contribution in [0.5, 0.6) is 0 Å². The maximum absolute atomic E-state index is 4.57. The van der Waals surface area contributed by atoms with Gasteiger partial charge in [0.1, 0.15) is 10.4 Å². The van der Waals surface area contributed by atoms with E-state index in [-0.39, 0.29) is 0 Å². The molecule has 1 unspecified atom stereocenters. The second-order valence-electron chi connectivity index (χ2n) is 4.88. The molecule has 0 spiro atoms. The highest BCUT2D eigenvalue weighted by molar-refractivity contribution is 9.10. The van der Waals surface area contributed by atoms with Crippen molar-refractivity contribution in [1.29, 1.82) is 0 Å². The Bertz CT molecular complexity index is 353. The van der Waals surface area contributed by atoms with Gasteiger partial charge < -0.3 is 4.57 Å². The first-order valence-corrected chi connectivity index (χ1v) is 6.86. The van der Waals surface area contributed by atoms with Crippen LogP contribution in [0.3, 0.4) is 0 Å². The fraction of sp³-hybridized carbons (Fsp3) is 0.750. The molecule has 15 heavy (non-hydrogen) atoms. The molecule has 0 aromatic carbocycles. The summed E-state index contributed by atoms with van der Waals surface area (Å²) in [5, 5.41) is 0. The first-order chi connectivity index (χ1) is 7.36. The van der Waals surface area contributed by atoms with E-state index in [0.29, 0.717) is 0 Å². The average molecular weight is 269 g/mol. The van der Waals surface area contributed by atoms with Gasteiger partial charge in [-0.2, -0.15) is 0 Å². The fourth-order valence-electron chi connectivity index (χ4n) is 3.27. The Labute approximate surface area is 99.2 Å². The smallest absolute Gasteiger partial charge is 0.112 e. The van der Waals surface area contributed by atoms with E-state index in [2.05, 4.69) is 25.5 Å². The molecule has 0 saturated heterocycles. The van der Waals surface area contributed by atoms with E-state index in [0.717, 1.165) is 23.0 Å². The summed E-state index contributed by atoms with van der Waals surface area (Å²) in [7, 11) is 0. The molecule has 1 saturated carbocycles. The van der Waals surface area contributed by atoms with Crippen molar-refractivity contribution in [3.8, 4) is 0 Å². The largest absolute Gasteiger partial charge is 0.323 e. The van der Waals surface area contributed by atoms with Gasteiger partial charge in [0, 0.05) is 12.5 Å². The summed E-state index contributed by atoms with van der Waals surface area (Å²) in [6.45, 7) is 1.16. The fourth-order valence-corrected chi connectivity index (χ4v) is 3.73. The van der Waals surface area contributed by atoms with Crippen molar-refractivity contribution >= 4 is 15.9 Å². The summed E-state index contributed by atoms with van der Waals surface area (Å²) in [6, 6.07) is 0. The van der Waals surface area contributed by atoms with Gasteiger partial charge in [-0.3, -0.25) is 0 Å². The molecule has 0 radical (unpaired) electrons. The molecule has 0 bridgehead atoms. The molecular formula is C12H17BrN2. The van der Waals surface area contributed by atoms with Crippen LogP contribution in [-0.4, -0.2) is 9.55 Å². The second-order valence-corrected chi connectivity index (χ2v) is 5.70. The van der Waals surface area contributed by atoms with Gasteiger partial charge in [-0.05, 0) is 41.1 Å². The molecule has 2 aliphatic rings. The lowest BCUT2D eigenvalue weighted by Crippen LogP contribution is -2.15. The van der Waals surface area contributed by atoms with Gasteiger partial charge in [0.25, 0.3) is 0 Å². The van der Waals surface area contributed by atoms with E-state index >= 15 is 0 Å². The number of rotatable bonds is 1. The van der Waals surface area contributed by atoms with Crippen LogP contribution in [0.4, 0.5) is 0 Å². The topological polar surface area (TPSA) is 17.8 Å². The lowest BCUT2D eigenvalue weighted by atomic mass is 9.79. The molecule has 0 amide bonds. The van der Waals surface area contributed by atoms with Crippen molar-refractivity contribution in [2.24, 2.45) is 5.92 Å². The molecule has 3 rings (SSSR count). The number of imidazole rings is 1. The van der Waals surface area contributed by atoms with Crippen LogP contribution < -0.4 is 0 Å². The standard InChI is InChI=1S/C12H17BrN2/c13-11-8-14-12-10(6-7-15(11)12)9-4-2-1-3-5-9/h8-10H,1-7H2. The van der Waals surface area contributed by atoms with Crippen molar-refractivity contribution in [2.45, 2.75) is 51.0 Å². The summed E-state index contributed by atoms with van der Waals surface area (Å²) in [6.07, 6.45) is 10.4. The van der Waals surface area contributed by atoms with Gasteiger partial charge in [-0.25, -0.2) is 4.98 Å². The maximum Gasteiger partial charge on any atom is 0.112 e. The third kappa shape index (κ3) is 1.65. The Morgan fingerprint density at radius 3 is 2.80 bits per heavy atom. The van der Waals surface area contributed by atoms with Gasteiger partial charge in [-0.15, -0.1) is 0 Å². The van der Waals surface area contributed by atoms with E-state index < -0.39 is 0 Å². The number of halogens is 1. The average Bonchev–Trinajstić information content (AvgIpc) is 2.83. The molecule has 1 fully saturated rings. The van der Waals surface area contributed by atoms with Crippen molar-refractivity contribution < 1.29 is 0 Å². The molecule has 2 heterocycles. The summed E-state index contributed by atoms with van der Waals surface area (Å²) in [5.41, 5.74) is 0. The molecule has 0 N–H and O–H groups in total. The number of nitrogens with zero attached hydrogens (tertiary/aromatic N) is 2. The molecular weight excluding hydrogens is 252 g/mol. The zero-order chi connectivity index (χ0) is 10.3. The number of fused-ring (bicyclic) bond motifs is 1. The minimum atomic E-state index is 0.747. The summed E-state index contributed by atoms with van der Waals surface area (Å²) in [4.78, 5) is 4.57. The predicted molar refractivity (Wildman–Crippen MR) is 63.9 cm³/mol. The van der Waals surface area contributed by atoms with Crippen LogP contribution in [0, 0.1) is 5.92 Å². The van der Waals surface area contributed by atoms with Crippen molar-refractivity contribution in [2.75, 3.05) is 0 Å². The summed E-state index contributed by atoms with van der Waals surface area (Å²) in [5.74, 6) is 3.00. The van der Waals surface area contributed by atoms with Gasteiger partial charge in [0.2, 0.25) is 0 Å². The predicted octanol–water partition coefficient (Wildman–Crippen LogP) is 3.71. The highest BCUT2D eigenvalue weighted by Gasteiger charge is 2.32. The van der Waals surface area contributed by atoms with Crippen LogP contribution in [0.15, 0.2) is 10.8 Å². The molecule has 82 valence electrons. The van der Waals surface area contributed by atoms with E-state index in [1.165, 1.54) is 44.3 Å². The number of hydrogen-bond donors (Lipinski definition) is 0. The van der Waals surface area contributed by atoms with Crippen LogP contribution in [0.1, 0.15) is 50.3 Å². The lowest BCUT2D eigenvalue weighted by Gasteiger charge is -2.26. The number of hydrogen-bond acceptors (Lipinski definition) is 1. The molecule has 1 aromatic rings. The Balaban J connectivity index is 1.83. The van der Waals surface area contributed by atoms with Crippen LogP contribution in [0.25, 0.3) is 0 Å². The van der Waals surface area contributed by atoms with Gasteiger partial charge in [0.15, 0.2) is 0 Å². The third-order valence-corrected chi connectivity index (χ3v) is 4.68. The van der Waals surface area contributed by atoms with Crippen LogP contribution >= 0.6 is 15.9 Å². The molecule has 1 atom stereocenters. The molecule has 1 aromatic heterocycles. The molecule has 2 nitrogen and oxygen atoms in total. The van der Waals surface area contributed by atoms with E-state index in [4.69, 9.17) is 0 Å². The van der Waals surface area contributed by atoms with Crippen molar-refractivity contribution in [1.82, 2.24) is 9.55 Å². The van der Waals surface area contributed by atoms with Gasteiger partial charge in [0.05, 0.1) is 6.20 Å². The first kappa shape index (κ1) is 9.88. The summed E-state index contributed by atoms with van der Waals surface area (Å²) < 4.78 is 3.51. The second kappa shape index (κ2) is 3.93. The Morgan fingerprint density at radius 2 is 2.00 bits per heavy atom. The molecule has 3 heteroatoms. The van der Waals surface area contributed by atoms with E-state index in [1.54, 1.807) is 0 Å². The molecule has 1 aliphatic carbocycles. The minimum absolute atomic E-state index is 0.747. The van der Waals surface area contributed by atoms with Crippen molar-refractivity contribution in [3.05, 3.63) is 16.6 Å². The Morgan fingerprint density at radius 1 is 1.20 bits per heavy atom. The maximum atomic E-state index is 4.57. The number of aromatic nitrogens is 2. The van der Waals surface area contributed by atoms with Gasteiger partial charge >= 0.3 is 0 Å². The quantitative estimate of drug-likeness (QED) is 0.759. The normalized spacial score (nSPS) is 26.9. The first-order valence-electron chi connectivity index (χ1n) is 6.07. The van der Waals surface area contributed by atoms with Crippen LogP contribution in [-0.2, 0) is 6.54 Å². The summed E-state index contributed by atoms with van der Waals surface area (Å²) >= 11 is 3.57. The SMILES string of the molecule is Brc1cnc2n1CCC2C1CCCCC1. The zero-order valence-electron chi connectivity index (χ0n) is 8.95. The highest BCUT2D eigenvalue weighted by Crippen LogP contribution is 2.42. The highest BCUT2D eigenvalue weighted by atomic mass is 79.9. The minimum Gasteiger partial charge on any atom is -0.323 e. The Hall–Kier alpha value is -0.310. The van der Waals surface area contributed by atoms with Crippen LogP contribution in [0.2, 0.25) is 0 Å². The zero-order valence-corrected chi connectivity index (χ0v) is 10.5. The van der Waals surface area contributed by atoms with E-state index in [1.807, 2.05) is 6.20 Å². The van der Waals surface area contributed by atoms with Crippen molar-refractivity contribution in [3.63, 3.8) is 0 Å². The monoisotopic (exact) mass is 268 g/mol. The molecule has 1 aliphatic heterocycles. The third-order valence-electron chi connectivity index (χ3n) is 4.05. The Kier molecular flexibility index (Phi) is 2.59. The van der Waals surface area contributed by atoms with Gasteiger partial charge in [-0.1, -0.05) is 19.3 Å². The lowest BCUT2D eigenvalue weighted by molar-refractivity contribution is 0.300. The van der Waals surface area contributed by atoms with E-state index in [9.17, 15) is 0 Å².